The molecule has 2 rings (SSSR count). The van der Waals surface area contributed by atoms with Gasteiger partial charge in [0.15, 0.2) is 11.5 Å². The maximum absolute atomic E-state index is 12.6. The molecule has 0 N–H and O–H groups in total. The van der Waals surface area contributed by atoms with Crippen molar-refractivity contribution < 1.29 is 14.3 Å². The van der Waals surface area contributed by atoms with Crippen LogP contribution in [0.2, 0.25) is 0 Å². The quantitative estimate of drug-likeness (QED) is 0.679. The van der Waals surface area contributed by atoms with E-state index in [1.165, 1.54) is 0 Å². The molecule has 0 aromatic heterocycles. The molecule has 1 saturated heterocycles. The van der Waals surface area contributed by atoms with Crippen LogP contribution in [0.3, 0.4) is 0 Å². The van der Waals surface area contributed by atoms with E-state index in [-0.39, 0.29) is 5.91 Å². The molecule has 1 aliphatic heterocycles. The van der Waals surface area contributed by atoms with Gasteiger partial charge >= 0.3 is 0 Å². The first kappa shape index (κ1) is 19.3. The lowest BCUT2D eigenvalue weighted by Crippen LogP contribution is -2.42. The van der Waals surface area contributed by atoms with Crippen molar-refractivity contribution >= 4 is 12.0 Å². The summed E-state index contributed by atoms with van der Waals surface area (Å²) >= 11 is 0. The van der Waals surface area contributed by atoms with Crippen molar-refractivity contribution in [3.05, 3.63) is 29.8 Å². The fraction of sp³-hybridized carbons (Fsp3) is 0.550. The van der Waals surface area contributed by atoms with E-state index >= 15 is 0 Å². The molecule has 1 aromatic carbocycles. The third-order valence-electron chi connectivity index (χ3n) is 4.85. The topological polar surface area (TPSA) is 42.0 Å². The Hall–Kier alpha value is -2.01. The molecule has 138 valence electrons. The van der Waals surface area contributed by atoms with Gasteiger partial charge in [0.1, 0.15) is 0 Å². The zero-order valence-corrected chi connectivity index (χ0v) is 15.8. The summed E-state index contributed by atoms with van der Waals surface area (Å²) < 4.78 is 10.6. The number of carbonyl (C=O) groups excluding carboxylic acids is 1. The first-order valence-electron chi connectivity index (χ1n) is 9.06. The Balaban J connectivity index is 2.04. The van der Waals surface area contributed by atoms with E-state index in [0.29, 0.717) is 17.5 Å². The van der Waals surface area contributed by atoms with Crippen LogP contribution < -0.4 is 9.47 Å². The van der Waals surface area contributed by atoms with Crippen LogP contribution in [-0.4, -0.2) is 62.1 Å². The number of likely N-dealkylation sites (tertiary alicyclic amines) is 1. The van der Waals surface area contributed by atoms with Crippen LogP contribution in [0.15, 0.2) is 24.3 Å². The number of nitrogens with zero attached hydrogens (tertiary/aromatic N) is 2. The van der Waals surface area contributed by atoms with Crippen LogP contribution in [0.5, 0.6) is 11.5 Å². The standard InChI is InChI=1S/C20H30N2O3/c1-5-21(6-2)15-17-8-7-13-22(17)20(23)12-10-16-9-11-18(24-3)19(14-16)25-4/h9-12,14,17H,5-8,13,15H2,1-4H3. The van der Waals surface area contributed by atoms with Crippen LogP contribution in [-0.2, 0) is 4.79 Å². The number of ether oxygens (including phenoxy) is 2. The number of hydrogen-bond donors (Lipinski definition) is 0. The molecule has 0 aliphatic carbocycles. The molecule has 1 unspecified atom stereocenters. The predicted molar refractivity (Wildman–Crippen MR) is 101 cm³/mol. The van der Waals surface area contributed by atoms with Gasteiger partial charge in [0, 0.05) is 25.2 Å². The van der Waals surface area contributed by atoms with Gasteiger partial charge in [-0.3, -0.25) is 4.79 Å². The lowest BCUT2D eigenvalue weighted by Gasteiger charge is -2.29. The third kappa shape index (κ3) is 4.98. The van der Waals surface area contributed by atoms with Crippen LogP contribution in [0.1, 0.15) is 32.3 Å². The molecule has 1 amide bonds. The second kappa shape index (κ2) is 9.47. The van der Waals surface area contributed by atoms with Crippen molar-refractivity contribution in [2.24, 2.45) is 0 Å². The van der Waals surface area contributed by atoms with Gasteiger partial charge in [-0.25, -0.2) is 0 Å². The van der Waals surface area contributed by atoms with Crippen molar-refractivity contribution in [3.63, 3.8) is 0 Å². The minimum absolute atomic E-state index is 0.0874. The van der Waals surface area contributed by atoms with Crippen molar-refractivity contribution in [3.8, 4) is 11.5 Å². The fourth-order valence-electron chi connectivity index (χ4n) is 3.32. The smallest absolute Gasteiger partial charge is 0.246 e. The molecule has 5 heteroatoms. The monoisotopic (exact) mass is 346 g/mol. The first-order valence-corrected chi connectivity index (χ1v) is 9.06. The van der Waals surface area contributed by atoms with E-state index < -0.39 is 0 Å². The molecule has 0 bridgehead atoms. The van der Waals surface area contributed by atoms with Crippen LogP contribution in [0, 0.1) is 0 Å². The number of methoxy groups -OCH3 is 2. The molecule has 1 fully saturated rings. The zero-order chi connectivity index (χ0) is 18.2. The van der Waals surface area contributed by atoms with E-state index in [4.69, 9.17) is 9.47 Å². The van der Waals surface area contributed by atoms with Gasteiger partial charge in [-0.1, -0.05) is 19.9 Å². The second-order valence-corrected chi connectivity index (χ2v) is 6.26. The van der Waals surface area contributed by atoms with E-state index in [1.807, 2.05) is 29.2 Å². The van der Waals surface area contributed by atoms with E-state index in [2.05, 4.69) is 18.7 Å². The van der Waals surface area contributed by atoms with Crippen LogP contribution in [0.25, 0.3) is 6.08 Å². The Morgan fingerprint density at radius 2 is 1.96 bits per heavy atom. The van der Waals surface area contributed by atoms with Crippen molar-refractivity contribution in [2.75, 3.05) is 40.4 Å². The predicted octanol–water partition coefficient (Wildman–Crippen LogP) is 3.05. The molecule has 25 heavy (non-hydrogen) atoms. The molecular formula is C20H30N2O3. The highest BCUT2D eigenvalue weighted by Crippen LogP contribution is 2.28. The van der Waals surface area contributed by atoms with E-state index in [9.17, 15) is 4.79 Å². The normalized spacial score (nSPS) is 17.5. The number of benzene rings is 1. The molecule has 5 nitrogen and oxygen atoms in total. The maximum Gasteiger partial charge on any atom is 0.246 e. The van der Waals surface area contributed by atoms with E-state index in [0.717, 1.165) is 44.6 Å². The third-order valence-corrected chi connectivity index (χ3v) is 4.85. The Morgan fingerprint density at radius 1 is 1.24 bits per heavy atom. The van der Waals surface area contributed by atoms with Gasteiger partial charge in [-0.15, -0.1) is 0 Å². The molecule has 1 heterocycles. The number of carbonyl (C=O) groups is 1. The second-order valence-electron chi connectivity index (χ2n) is 6.26. The zero-order valence-electron chi connectivity index (χ0n) is 15.8. The van der Waals surface area contributed by atoms with Gasteiger partial charge < -0.3 is 19.3 Å². The average molecular weight is 346 g/mol. The van der Waals surface area contributed by atoms with Gasteiger partial charge in [0.25, 0.3) is 0 Å². The summed E-state index contributed by atoms with van der Waals surface area (Å²) in [6, 6.07) is 5.97. The molecular weight excluding hydrogens is 316 g/mol. The summed E-state index contributed by atoms with van der Waals surface area (Å²) in [7, 11) is 3.22. The number of rotatable bonds is 8. The minimum Gasteiger partial charge on any atom is -0.493 e. The highest BCUT2D eigenvalue weighted by atomic mass is 16.5. The number of hydrogen-bond acceptors (Lipinski definition) is 4. The molecule has 1 aromatic rings. The fourth-order valence-corrected chi connectivity index (χ4v) is 3.32. The lowest BCUT2D eigenvalue weighted by molar-refractivity contribution is -0.127. The number of amides is 1. The molecule has 1 aliphatic rings. The van der Waals surface area contributed by atoms with Gasteiger partial charge in [0.2, 0.25) is 5.91 Å². The van der Waals surface area contributed by atoms with Gasteiger partial charge in [0.05, 0.1) is 14.2 Å². The average Bonchev–Trinajstić information content (AvgIpc) is 3.12. The van der Waals surface area contributed by atoms with Crippen molar-refractivity contribution in [1.82, 2.24) is 9.80 Å². The van der Waals surface area contributed by atoms with Gasteiger partial charge in [-0.05, 0) is 49.7 Å². The first-order chi connectivity index (χ1) is 12.1. The summed E-state index contributed by atoms with van der Waals surface area (Å²) in [5, 5.41) is 0. The Kier molecular flexibility index (Phi) is 7.31. The van der Waals surface area contributed by atoms with E-state index in [1.54, 1.807) is 20.3 Å². The van der Waals surface area contributed by atoms with Crippen molar-refractivity contribution in [2.45, 2.75) is 32.7 Å². The Bertz CT molecular complexity index is 597. The maximum atomic E-state index is 12.6. The molecule has 0 saturated carbocycles. The molecule has 1 atom stereocenters. The van der Waals surface area contributed by atoms with Crippen molar-refractivity contribution in [1.29, 1.82) is 0 Å². The Morgan fingerprint density at radius 3 is 2.60 bits per heavy atom. The lowest BCUT2D eigenvalue weighted by atomic mass is 10.1. The largest absolute Gasteiger partial charge is 0.493 e. The van der Waals surface area contributed by atoms with Crippen LogP contribution in [0.4, 0.5) is 0 Å². The summed E-state index contributed by atoms with van der Waals surface area (Å²) in [5.41, 5.74) is 0.922. The summed E-state index contributed by atoms with van der Waals surface area (Å²) in [6.07, 6.45) is 5.69. The minimum atomic E-state index is 0.0874. The van der Waals surface area contributed by atoms with Gasteiger partial charge in [-0.2, -0.15) is 0 Å². The summed E-state index contributed by atoms with van der Waals surface area (Å²) in [6.45, 7) is 8.19. The number of likely N-dealkylation sites (N-methyl/N-ethyl adjacent to an activating group) is 1. The highest BCUT2D eigenvalue weighted by molar-refractivity contribution is 5.92. The summed E-state index contributed by atoms with van der Waals surface area (Å²) in [4.78, 5) is 17.0. The molecule has 0 spiro atoms. The SMILES string of the molecule is CCN(CC)CC1CCCN1C(=O)C=Cc1ccc(OC)c(OC)c1. The van der Waals surface area contributed by atoms with Crippen LogP contribution >= 0.6 is 0 Å². The Labute approximate surface area is 151 Å². The highest BCUT2D eigenvalue weighted by Gasteiger charge is 2.28. The summed E-state index contributed by atoms with van der Waals surface area (Å²) in [5.74, 6) is 1.44. The molecule has 0 radical (unpaired) electrons.